The Labute approximate surface area is 175 Å². The summed E-state index contributed by atoms with van der Waals surface area (Å²) in [5.41, 5.74) is 1.74. The molecule has 4 nitrogen and oxygen atoms in total. The first kappa shape index (κ1) is 22.5. The number of unbranched alkanes of at least 4 members (excludes halogenated alkanes) is 2. The molecule has 1 unspecified atom stereocenters. The van der Waals surface area contributed by atoms with Gasteiger partial charge >= 0.3 is 5.97 Å². The topological polar surface area (TPSA) is 38.8 Å². The van der Waals surface area contributed by atoms with Crippen LogP contribution in [0, 0.1) is 0 Å². The quantitative estimate of drug-likeness (QED) is 0.255. The smallest absolute Gasteiger partial charge is 0.338 e. The van der Waals surface area contributed by atoms with Gasteiger partial charge in [0.1, 0.15) is 18.5 Å². The van der Waals surface area contributed by atoms with Crippen molar-refractivity contribution in [3.63, 3.8) is 0 Å². The van der Waals surface area contributed by atoms with Gasteiger partial charge in [0.15, 0.2) is 0 Å². The number of anilines is 1. The minimum atomic E-state index is -0.252. The van der Waals surface area contributed by atoms with Crippen LogP contribution in [0.4, 0.5) is 5.69 Å². The van der Waals surface area contributed by atoms with Crippen molar-refractivity contribution >= 4 is 11.7 Å². The molecule has 0 bridgehead atoms. The number of benzene rings is 2. The number of hydrogen-bond donors (Lipinski definition) is 0. The highest BCUT2D eigenvalue weighted by Crippen LogP contribution is 2.18. The van der Waals surface area contributed by atoms with Gasteiger partial charge in [0.25, 0.3) is 0 Å². The van der Waals surface area contributed by atoms with Crippen molar-refractivity contribution in [3.8, 4) is 5.75 Å². The Morgan fingerprint density at radius 2 is 1.72 bits per heavy atom. The van der Waals surface area contributed by atoms with E-state index in [0.29, 0.717) is 18.6 Å². The Morgan fingerprint density at radius 3 is 2.38 bits per heavy atom. The molecule has 0 N–H and O–H groups in total. The lowest BCUT2D eigenvalue weighted by atomic mass is 10.1. The van der Waals surface area contributed by atoms with Crippen LogP contribution in [0.15, 0.2) is 66.7 Å². The highest BCUT2D eigenvalue weighted by atomic mass is 16.5. The van der Waals surface area contributed by atoms with Gasteiger partial charge in [-0.25, -0.2) is 4.79 Å². The summed E-state index contributed by atoms with van der Waals surface area (Å²) in [5.74, 6) is 0.591. The van der Waals surface area contributed by atoms with Crippen molar-refractivity contribution in [2.75, 3.05) is 25.6 Å². The molecule has 0 heterocycles. The van der Waals surface area contributed by atoms with Gasteiger partial charge in [0.2, 0.25) is 0 Å². The minimum absolute atomic E-state index is 0.107. The van der Waals surface area contributed by atoms with E-state index in [0.717, 1.165) is 37.1 Å². The van der Waals surface area contributed by atoms with E-state index in [1.807, 2.05) is 68.7 Å². The zero-order chi connectivity index (χ0) is 20.9. The van der Waals surface area contributed by atoms with Gasteiger partial charge in [-0.3, -0.25) is 0 Å². The summed E-state index contributed by atoms with van der Waals surface area (Å²) in [4.78, 5) is 14.4. The second-order valence-electron chi connectivity index (χ2n) is 7.30. The van der Waals surface area contributed by atoms with Crippen LogP contribution >= 0.6 is 0 Å². The lowest BCUT2D eigenvalue weighted by molar-refractivity contribution is 0.0283. The predicted molar refractivity (Wildman–Crippen MR) is 120 cm³/mol. The molecule has 0 aliphatic heterocycles. The summed E-state index contributed by atoms with van der Waals surface area (Å²) in [6.45, 7) is 2.67. The number of esters is 1. The van der Waals surface area contributed by atoms with E-state index in [-0.39, 0.29) is 12.1 Å². The number of ether oxygens (including phenoxy) is 2. The maximum absolute atomic E-state index is 12.4. The van der Waals surface area contributed by atoms with Crippen LogP contribution in [0.2, 0.25) is 0 Å². The van der Waals surface area contributed by atoms with E-state index in [4.69, 9.17) is 9.47 Å². The molecule has 2 rings (SSSR count). The van der Waals surface area contributed by atoms with Crippen LogP contribution < -0.4 is 9.64 Å². The lowest BCUT2D eigenvalue weighted by Gasteiger charge is -2.16. The predicted octanol–water partition coefficient (Wildman–Crippen LogP) is 5.88. The molecule has 0 aliphatic rings. The normalized spacial score (nSPS) is 12.0. The van der Waals surface area contributed by atoms with Crippen molar-refractivity contribution < 1.29 is 14.3 Å². The van der Waals surface area contributed by atoms with Crippen molar-refractivity contribution in [1.29, 1.82) is 0 Å². The summed E-state index contributed by atoms with van der Waals surface area (Å²) in [7, 11) is 4.03. The molecule has 0 radical (unpaired) electrons. The van der Waals surface area contributed by atoms with Crippen LogP contribution in [0.1, 0.15) is 49.4 Å². The molecule has 4 heteroatoms. The van der Waals surface area contributed by atoms with Crippen LogP contribution in [0.25, 0.3) is 0 Å². The molecule has 2 aromatic rings. The van der Waals surface area contributed by atoms with E-state index in [2.05, 4.69) is 11.8 Å². The largest absolute Gasteiger partial charge is 0.490 e. The fourth-order valence-corrected chi connectivity index (χ4v) is 2.94. The third-order valence-corrected chi connectivity index (χ3v) is 4.68. The first-order valence-electron chi connectivity index (χ1n) is 10.4. The standard InChI is InChI=1S/C25H33NO3/c1-4-5-7-14-24(29-25(27)21-12-8-6-9-13-21)15-10-11-20-28-23-18-16-22(17-19-23)26(2)3/h6,8-13,16-19,24H,4-5,7,14-15,20H2,1-3H3/b11-10+. The fourth-order valence-electron chi connectivity index (χ4n) is 2.94. The second-order valence-corrected chi connectivity index (χ2v) is 7.30. The van der Waals surface area contributed by atoms with Gasteiger partial charge in [0, 0.05) is 26.2 Å². The molecule has 0 aliphatic carbocycles. The molecule has 2 aromatic carbocycles. The van der Waals surface area contributed by atoms with E-state index in [1.165, 1.54) is 0 Å². The molecule has 1 atom stereocenters. The van der Waals surface area contributed by atoms with Gasteiger partial charge in [0.05, 0.1) is 5.56 Å². The van der Waals surface area contributed by atoms with Crippen LogP contribution in [0.5, 0.6) is 5.75 Å². The van der Waals surface area contributed by atoms with Crippen molar-refractivity contribution in [2.45, 2.75) is 45.1 Å². The lowest BCUT2D eigenvalue weighted by Crippen LogP contribution is -2.18. The molecular weight excluding hydrogens is 362 g/mol. The molecule has 0 fully saturated rings. The maximum Gasteiger partial charge on any atom is 0.338 e. The molecule has 156 valence electrons. The molecule has 0 amide bonds. The monoisotopic (exact) mass is 395 g/mol. The van der Waals surface area contributed by atoms with Crippen LogP contribution in [-0.2, 0) is 4.74 Å². The maximum atomic E-state index is 12.4. The zero-order valence-corrected chi connectivity index (χ0v) is 17.8. The molecular formula is C25H33NO3. The van der Waals surface area contributed by atoms with Crippen molar-refractivity contribution in [3.05, 3.63) is 72.3 Å². The van der Waals surface area contributed by atoms with Gasteiger partial charge in [-0.05, 0) is 49.2 Å². The number of hydrogen-bond acceptors (Lipinski definition) is 4. The second kappa shape index (κ2) is 12.7. The summed E-state index contributed by atoms with van der Waals surface area (Å²) < 4.78 is 11.5. The van der Waals surface area contributed by atoms with Gasteiger partial charge < -0.3 is 14.4 Å². The van der Waals surface area contributed by atoms with Gasteiger partial charge in [-0.1, -0.05) is 50.1 Å². The highest BCUT2D eigenvalue weighted by Gasteiger charge is 2.14. The third-order valence-electron chi connectivity index (χ3n) is 4.68. The van der Waals surface area contributed by atoms with Crippen molar-refractivity contribution in [1.82, 2.24) is 0 Å². The highest BCUT2D eigenvalue weighted by molar-refractivity contribution is 5.89. The van der Waals surface area contributed by atoms with Crippen LogP contribution in [0.3, 0.4) is 0 Å². The Balaban J connectivity index is 1.81. The zero-order valence-electron chi connectivity index (χ0n) is 17.8. The first-order valence-corrected chi connectivity index (χ1v) is 10.4. The molecule has 0 spiro atoms. The van der Waals surface area contributed by atoms with Gasteiger partial charge in [-0.15, -0.1) is 0 Å². The van der Waals surface area contributed by atoms with Gasteiger partial charge in [-0.2, -0.15) is 0 Å². The number of carbonyl (C=O) groups excluding carboxylic acids is 1. The molecule has 29 heavy (non-hydrogen) atoms. The summed E-state index contributed by atoms with van der Waals surface area (Å²) in [6.07, 6.45) is 8.86. The average molecular weight is 396 g/mol. The fraction of sp³-hybridized carbons (Fsp3) is 0.400. The summed E-state index contributed by atoms with van der Waals surface area (Å²) in [5, 5.41) is 0. The molecule has 0 aromatic heterocycles. The van der Waals surface area contributed by atoms with E-state index < -0.39 is 0 Å². The van der Waals surface area contributed by atoms with Crippen LogP contribution in [-0.4, -0.2) is 32.8 Å². The number of rotatable bonds is 12. The summed E-state index contributed by atoms with van der Waals surface area (Å²) in [6, 6.07) is 17.2. The Hall–Kier alpha value is -2.75. The van der Waals surface area contributed by atoms with Crippen molar-refractivity contribution in [2.24, 2.45) is 0 Å². The van der Waals surface area contributed by atoms with E-state index in [9.17, 15) is 4.79 Å². The van der Waals surface area contributed by atoms with E-state index >= 15 is 0 Å². The average Bonchev–Trinajstić information content (AvgIpc) is 2.74. The number of nitrogens with zero attached hydrogens (tertiary/aromatic N) is 1. The Morgan fingerprint density at radius 1 is 1.00 bits per heavy atom. The third kappa shape index (κ3) is 8.43. The summed E-state index contributed by atoms with van der Waals surface area (Å²) >= 11 is 0. The minimum Gasteiger partial charge on any atom is -0.490 e. The molecule has 0 saturated carbocycles. The first-order chi connectivity index (χ1) is 14.1. The molecule has 0 saturated heterocycles. The Kier molecular flexibility index (Phi) is 9.84. The van der Waals surface area contributed by atoms with E-state index in [1.54, 1.807) is 12.1 Å². The number of carbonyl (C=O) groups is 1. The Bertz CT molecular complexity index is 738. The SMILES string of the molecule is CCCCCC(C/C=C/COc1ccc(N(C)C)cc1)OC(=O)c1ccccc1.